The molecule has 3 nitrogen and oxygen atoms in total. The SMILES string of the molecule is C[C@@H]1[C@@H](C)[S@](=O)CCN1C(=O)Cc1ccc(Br)cc1. The number of carbonyl (C=O) groups excluding carboxylic acids is 1. The van der Waals surface area contributed by atoms with Crippen molar-refractivity contribution in [2.24, 2.45) is 0 Å². The molecule has 3 atom stereocenters. The molecule has 1 aliphatic rings. The standard InChI is InChI=1S/C14H18BrNO2S/c1-10-11(2)19(18)8-7-16(10)14(17)9-12-3-5-13(15)6-4-12/h3-6,10-11H,7-9H2,1-2H3/t10-,11-,19-/m1/s1. The molecule has 0 bridgehead atoms. The first kappa shape index (κ1) is 14.7. The third-order valence-electron chi connectivity index (χ3n) is 3.71. The second-order valence-electron chi connectivity index (χ2n) is 4.92. The number of halogens is 1. The van der Waals surface area contributed by atoms with Crippen molar-refractivity contribution in [3.63, 3.8) is 0 Å². The summed E-state index contributed by atoms with van der Waals surface area (Å²) >= 11 is 3.38. The molecular formula is C14H18BrNO2S. The third-order valence-corrected chi connectivity index (χ3v) is 6.04. The highest BCUT2D eigenvalue weighted by atomic mass is 79.9. The van der Waals surface area contributed by atoms with Gasteiger partial charge in [0.2, 0.25) is 5.91 Å². The van der Waals surface area contributed by atoms with Crippen molar-refractivity contribution >= 4 is 32.6 Å². The molecule has 1 aliphatic heterocycles. The van der Waals surface area contributed by atoms with E-state index in [0.29, 0.717) is 18.7 Å². The van der Waals surface area contributed by atoms with Gasteiger partial charge in [0.25, 0.3) is 0 Å². The number of nitrogens with zero attached hydrogens (tertiary/aromatic N) is 1. The first-order valence-corrected chi connectivity index (χ1v) is 8.57. The van der Waals surface area contributed by atoms with Crippen LogP contribution >= 0.6 is 15.9 Å². The van der Waals surface area contributed by atoms with Gasteiger partial charge in [0.15, 0.2) is 0 Å². The van der Waals surface area contributed by atoms with Crippen LogP contribution in [0.15, 0.2) is 28.7 Å². The van der Waals surface area contributed by atoms with Crippen molar-refractivity contribution in [2.45, 2.75) is 31.6 Å². The topological polar surface area (TPSA) is 37.4 Å². The summed E-state index contributed by atoms with van der Waals surface area (Å²) in [6, 6.07) is 7.86. The quantitative estimate of drug-likeness (QED) is 0.826. The minimum atomic E-state index is -0.802. The van der Waals surface area contributed by atoms with Crippen molar-refractivity contribution in [1.29, 1.82) is 0 Å². The summed E-state index contributed by atoms with van der Waals surface area (Å²) in [5.74, 6) is 0.718. The molecule has 19 heavy (non-hydrogen) atoms. The van der Waals surface area contributed by atoms with Crippen LogP contribution in [0.5, 0.6) is 0 Å². The van der Waals surface area contributed by atoms with E-state index in [1.807, 2.05) is 43.0 Å². The molecule has 0 saturated carbocycles. The zero-order valence-electron chi connectivity index (χ0n) is 11.1. The maximum Gasteiger partial charge on any atom is 0.227 e. The number of rotatable bonds is 2. The fourth-order valence-corrected chi connectivity index (χ4v) is 3.88. The summed E-state index contributed by atoms with van der Waals surface area (Å²) < 4.78 is 12.7. The number of carbonyl (C=O) groups is 1. The monoisotopic (exact) mass is 343 g/mol. The smallest absolute Gasteiger partial charge is 0.227 e. The molecule has 0 unspecified atom stereocenters. The molecule has 0 aliphatic carbocycles. The Morgan fingerprint density at radius 2 is 2.00 bits per heavy atom. The highest BCUT2D eigenvalue weighted by Gasteiger charge is 2.32. The molecular weight excluding hydrogens is 326 g/mol. The highest BCUT2D eigenvalue weighted by Crippen LogP contribution is 2.18. The predicted molar refractivity (Wildman–Crippen MR) is 81.5 cm³/mol. The molecule has 1 saturated heterocycles. The average Bonchev–Trinajstić information content (AvgIpc) is 2.39. The van der Waals surface area contributed by atoms with Crippen LogP contribution in [0, 0.1) is 0 Å². The Morgan fingerprint density at radius 1 is 1.37 bits per heavy atom. The van der Waals surface area contributed by atoms with Crippen molar-refractivity contribution in [2.75, 3.05) is 12.3 Å². The highest BCUT2D eigenvalue weighted by molar-refractivity contribution is 9.10. The fourth-order valence-electron chi connectivity index (χ4n) is 2.28. The largest absolute Gasteiger partial charge is 0.338 e. The van der Waals surface area contributed by atoms with Gasteiger partial charge in [-0.05, 0) is 31.5 Å². The average molecular weight is 344 g/mol. The van der Waals surface area contributed by atoms with Crippen molar-refractivity contribution in [1.82, 2.24) is 4.90 Å². The summed E-state index contributed by atoms with van der Waals surface area (Å²) in [6.07, 6.45) is 0.414. The van der Waals surface area contributed by atoms with Crippen LogP contribution in [-0.2, 0) is 22.0 Å². The van der Waals surface area contributed by atoms with Gasteiger partial charge >= 0.3 is 0 Å². The molecule has 2 rings (SSSR count). The number of amides is 1. The van der Waals surface area contributed by atoms with Crippen LogP contribution in [0.25, 0.3) is 0 Å². The van der Waals surface area contributed by atoms with E-state index in [-0.39, 0.29) is 17.2 Å². The normalized spacial score (nSPS) is 27.3. The van der Waals surface area contributed by atoms with Crippen LogP contribution in [0.2, 0.25) is 0 Å². The number of benzene rings is 1. The van der Waals surface area contributed by atoms with Crippen LogP contribution in [-0.4, -0.2) is 38.6 Å². The molecule has 104 valence electrons. The van der Waals surface area contributed by atoms with Gasteiger partial charge in [-0.2, -0.15) is 0 Å². The Bertz CT molecular complexity index is 489. The molecule has 1 aromatic rings. The molecule has 1 fully saturated rings. The second kappa shape index (κ2) is 6.18. The Labute approximate surface area is 125 Å². The summed E-state index contributed by atoms with van der Waals surface area (Å²) in [7, 11) is -0.802. The van der Waals surface area contributed by atoms with E-state index in [4.69, 9.17) is 0 Å². The molecule has 1 aromatic carbocycles. The van der Waals surface area contributed by atoms with Gasteiger partial charge in [0.1, 0.15) is 0 Å². The van der Waals surface area contributed by atoms with E-state index in [0.717, 1.165) is 10.0 Å². The molecule has 0 spiro atoms. The van der Waals surface area contributed by atoms with E-state index in [1.165, 1.54) is 0 Å². The number of hydrogen-bond acceptors (Lipinski definition) is 2. The zero-order valence-corrected chi connectivity index (χ0v) is 13.5. The molecule has 1 heterocycles. The first-order chi connectivity index (χ1) is 8.99. The Hall–Kier alpha value is -0.680. The van der Waals surface area contributed by atoms with Crippen molar-refractivity contribution in [3.8, 4) is 0 Å². The summed E-state index contributed by atoms with van der Waals surface area (Å²) in [5, 5.41) is 0.0580. The van der Waals surface area contributed by atoms with Crippen LogP contribution < -0.4 is 0 Å². The Morgan fingerprint density at radius 3 is 2.63 bits per heavy atom. The van der Waals surface area contributed by atoms with Gasteiger partial charge in [-0.3, -0.25) is 9.00 Å². The third kappa shape index (κ3) is 3.45. The minimum Gasteiger partial charge on any atom is -0.338 e. The molecule has 0 aromatic heterocycles. The molecule has 5 heteroatoms. The van der Waals surface area contributed by atoms with Gasteiger partial charge in [-0.1, -0.05) is 28.1 Å². The molecule has 0 N–H and O–H groups in total. The molecule has 0 radical (unpaired) electrons. The Kier molecular flexibility index (Phi) is 4.79. The summed E-state index contributed by atoms with van der Waals surface area (Å²) in [4.78, 5) is 14.2. The van der Waals surface area contributed by atoms with Gasteiger partial charge in [0.05, 0.1) is 11.7 Å². The van der Waals surface area contributed by atoms with Gasteiger partial charge in [0, 0.05) is 33.6 Å². The van der Waals surface area contributed by atoms with Gasteiger partial charge < -0.3 is 4.90 Å². The maximum absolute atomic E-state index is 12.3. The van der Waals surface area contributed by atoms with Crippen LogP contribution in [0.1, 0.15) is 19.4 Å². The van der Waals surface area contributed by atoms with Crippen LogP contribution in [0.4, 0.5) is 0 Å². The van der Waals surface area contributed by atoms with E-state index < -0.39 is 10.8 Å². The fraction of sp³-hybridized carbons (Fsp3) is 0.500. The van der Waals surface area contributed by atoms with Gasteiger partial charge in [-0.25, -0.2) is 0 Å². The molecule has 1 amide bonds. The summed E-state index contributed by atoms with van der Waals surface area (Å²) in [5.41, 5.74) is 1.01. The minimum absolute atomic E-state index is 0.0533. The predicted octanol–water partition coefficient (Wildman–Crippen LogP) is 2.36. The van der Waals surface area contributed by atoms with E-state index >= 15 is 0 Å². The zero-order chi connectivity index (χ0) is 14.0. The second-order valence-corrected chi connectivity index (χ2v) is 7.75. The van der Waals surface area contributed by atoms with Crippen LogP contribution in [0.3, 0.4) is 0 Å². The van der Waals surface area contributed by atoms with Crippen molar-refractivity contribution in [3.05, 3.63) is 34.3 Å². The van der Waals surface area contributed by atoms with Crippen molar-refractivity contribution < 1.29 is 9.00 Å². The Balaban J connectivity index is 2.03. The lowest BCUT2D eigenvalue weighted by atomic mass is 10.1. The summed E-state index contributed by atoms with van der Waals surface area (Å²) in [6.45, 7) is 4.55. The van der Waals surface area contributed by atoms with E-state index in [1.54, 1.807) is 0 Å². The first-order valence-electron chi connectivity index (χ1n) is 6.40. The lowest BCUT2D eigenvalue weighted by Crippen LogP contribution is -2.52. The van der Waals surface area contributed by atoms with E-state index in [2.05, 4.69) is 15.9 Å². The number of hydrogen-bond donors (Lipinski definition) is 0. The van der Waals surface area contributed by atoms with E-state index in [9.17, 15) is 9.00 Å². The lowest BCUT2D eigenvalue weighted by Gasteiger charge is -2.37. The maximum atomic E-state index is 12.3. The lowest BCUT2D eigenvalue weighted by molar-refractivity contribution is -0.132. The van der Waals surface area contributed by atoms with Gasteiger partial charge in [-0.15, -0.1) is 0 Å².